The Bertz CT molecular complexity index is 977. The van der Waals surface area contributed by atoms with Crippen molar-refractivity contribution >= 4 is 11.9 Å². The average molecular weight is 783 g/mol. The molecular formula is C51H90O5. The lowest BCUT2D eigenvalue weighted by molar-refractivity contribution is -0.163. The molecule has 0 heterocycles. The first kappa shape index (κ1) is 53.6. The number of carbonyl (C=O) groups is 2. The monoisotopic (exact) mass is 783 g/mol. The van der Waals surface area contributed by atoms with E-state index in [1.165, 1.54) is 103 Å². The summed E-state index contributed by atoms with van der Waals surface area (Å²) in [6.45, 7) is 7.62. The summed E-state index contributed by atoms with van der Waals surface area (Å²) in [5, 5.41) is 0. The summed E-state index contributed by atoms with van der Waals surface area (Å²) in [7, 11) is 0. The maximum absolute atomic E-state index is 12.7. The van der Waals surface area contributed by atoms with Crippen LogP contribution in [0.25, 0.3) is 0 Å². The highest BCUT2D eigenvalue weighted by molar-refractivity contribution is 5.70. The first-order valence-electron chi connectivity index (χ1n) is 23.8. The SMILES string of the molecule is CC/C=C\C/C=C\C/C=C\CCCCCCCCOCC(COC(=O)CCCCCCC/C=C\CCCCCC)OC(=O)CCCCCCC/C=C\CCCC. The molecule has 56 heavy (non-hydrogen) atoms. The fraction of sp³-hybridized carbons (Fsp3) is 0.765. The summed E-state index contributed by atoms with van der Waals surface area (Å²) in [5.74, 6) is -0.425. The molecule has 5 nitrogen and oxygen atoms in total. The second-order valence-corrected chi connectivity index (χ2v) is 15.6. The largest absolute Gasteiger partial charge is 0.462 e. The Kier molecular flexibility index (Phi) is 45.0. The third-order valence-electron chi connectivity index (χ3n) is 10.0. The second-order valence-electron chi connectivity index (χ2n) is 15.6. The number of hydrogen-bond donors (Lipinski definition) is 0. The predicted molar refractivity (Wildman–Crippen MR) is 242 cm³/mol. The number of rotatable bonds is 43. The molecule has 1 atom stereocenters. The van der Waals surface area contributed by atoms with E-state index >= 15 is 0 Å². The van der Waals surface area contributed by atoms with Crippen LogP contribution in [0.2, 0.25) is 0 Å². The molecule has 0 fully saturated rings. The Hall–Kier alpha value is -2.40. The number of esters is 2. The summed E-state index contributed by atoms with van der Waals surface area (Å²) in [4.78, 5) is 25.3. The summed E-state index contributed by atoms with van der Waals surface area (Å²) >= 11 is 0. The molecule has 0 radical (unpaired) electrons. The van der Waals surface area contributed by atoms with Crippen molar-refractivity contribution in [3.05, 3.63) is 60.8 Å². The third kappa shape index (κ3) is 44.3. The summed E-state index contributed by atoms with van der Waals surface area (Å²) in [6.07, 6.45) is 57.9. The highest BCUT2D eigenvalue weighted by Crippen LogP contribution is 2.13. The van der Waals surface area contributed by atoms with E-state index in [4.69, 9.17) is 14.2 Å². The van der Waals surface area contributed by atoms with Gasteiger partial charge < -0.3 is 14.2 Å². The lowest BCUT2D eigenvalue weighted by atomic mass is 10.1. The van der Waals surface area contributed by atoms with E-state index in [1.807, 2.05) is 0 Å². The first-order valence-corrected chi connectivity index (χ1v) is 23.8. The van der Waals surface area contributed by atoms with Gasteiger partial charge in [0.2, 0.25) is 0 Å². The topological polar surface area (TPSA) is 61.8 Å². The van der Waals surface area contributed by atoms with Gasteiger partial charge in [-0.05, 0) is 96.3 Å². The summed E-state index contributed by atoms with van der Waals surface area (Å²) in [6, 6.07) is 0. The fourth-order valence-electron chi connectivity index (χ4n) is 6.44. The molecule has 0 aliphatic carbocycles. The van der Waals surface area contributed by atoms with Crippen molar-refractivity contribution in [2.45, 2.75) is 232 Å². The maximum atomic E-state index is 12.7. The molecule has 0 spiro atoms. The lowest BCUT2D eigenvalue weighted by Crippen LogP contribution is -2.30. The first-order chi connectivity index (χ1) is 27.6. The van der Waals surface area contributed by atoms with Gasteiger partial charge in [0.1, 0.15) is 6.61 Å². The average Bonchev–Trinajstić information content (AvgIpc) is 3.20. The van der Waals surface area contributed by atoms with E-state index in [1.54, 1.807) is 0 Å². The molecule has 0 bridgehead atoms. The Morgan fingerprint density at radius 2 is 0.821 bits per heavy atom. The minimum Gasteiger partial charge on any atom is -0.462 e. The molecule has 0 aliphatic rings. The lowest BCUT2D eigenvalue weighted by Gasteiger charge is -2.18. The van der Waals surface area contributed by atoms with Crippen LogP contribution in [-0.2, 0) is 23.8 Å². The minimum absolute atomic E-state index is 0.0716. The zero-order valence-corrected chi connectivity index (χ0v) is 37.1. The van der Waals surface area contributed by atoms with Crippen molar-refractivity contribution in [2.75, 3.05) is 19.8 Å². The number of allylic oxidation sites excluding steroid dienone is 10. The van der Waals surface area contributed by atoms with Crippen molar-refractivity contribution < 1.29 is 23.8 Å². The van der Waals surface area contributed by atoms with Crippen molar-refractivity contribution in [3.63, 3.8) is 0 Å². The Morgan fingerprint density at radius 3 is 1.36 bits per heavy atom. The van der Waals surface area contributed by atoms with E-state index in [0.29, 0.717) is 19.4 Å². The normalized spacial score (nSPS) is 12.7. The highest BCUT2D eigenvalue weighted by Gasteiger charge is 2.17. The van der Waals surface area contributed by atoms with Crippen LogP contribution in [0.5, 0.6) is 0 Å². The molecule has 1 unspecified atom stereocenters. The van der Waals surface area contributed by atoms with Gasteiger partial charge in [0.15, 0.2) is 6.10 Å². The van der Waals surface area contributed by atoms with Crippen LogP contribution in [0, 0.1) is 0 Å². The van der Waals surface area contributed by atoms with Crippen LogP contribution >= 0.6 is 0 Å². The smallest absolute Gasteiger partial charge is 0.306 e. The molecule has 324 valence electrons. The molecule has 0 N–H and O–H groups in total. The van der Waals surface area contributed by atoms with E-state index in [2.05, 4.69) is 81.5 Å². The number of unbranched alkanes of at least 4 members (excludes halogenated alkanes) is 22. The van der Waals surface area contributed by atoms with Crippen LogP contribution in [0.4, 0.5) is 0 Å². The van der Waals surface area contributed by atoms with Gasteiger partial charge >= 0.3 is 11.9 Å². The molecule has 0 aromatic rings. The summed E-state index contributed by atoms with van der Waals surface area (Å²) in [5.41, 5.74) is 0. The summed E-state index contributed by atoms with van der Waals surface area (Å²) < 4.78 is 17.3. The third-order valence-corrected chi connectivity index (χ3v) is 10.0. The van der Waals surface area contributed by atoms with E-state index < -0.39 is 6.10 Å². The minimum atomic E-state index is -0.549. The van der Waals surface area contributed by atoms with Crippen molar-refractivity contribution in [3.8, 4) is 0 Å². The molecule has 0 rings (SSSR count). The van der Waals surface area contributed by atoms with Gasteiger partial charge in [-0.25, -0.2) is 0 Å². The van der Waals surface area contributed by atoms with Gasteiger partial charge in [0.25, 0.3) is 0 Å². The molecule has 0 aliphatic heterocycles. The van der Waals surface area contributed by atoms with Crippen LogP contribution in [0.15, 0.2) is 60.8 Å². The molecule has 0 aromatic heterocycles. The van der Waals surface area contributed by atoms with Gasteiger partial charge in [0, 0.05) is 19.4 Å². The molecule has 0 amide bonds. The standard InChI is InChI=1S/C51H90O5/c1-4-7-10-13-16-19-22-24-25-26-28-31-34-37-40-43-46-54-47-49(56-51(53)45-42-39-36-33-29-21-18-15-12-9-6-3)48-55-50(52)44-41-38-35-32-30-27-23-20-17-14-11-8-5-2/h7,10,15-16,18-20,23-25,49H,4-6,8-9,11-14,17,21-22,26-48H2,1-3H3/b10-7-,18-15-,19-16-,23-20-,25-24-. The molecular weight excluding hydrogens is 693 g/mol. The highest BCUT2D eigenvalue weighted by atomic mass is 16.6. The van der Waals surface area contributed by atoms with E-state index in [0.717, 1.165) is 89.9 Å². The van der Waals surface area contributed by atoms with Crippen molar-refractivity contribution in [2.24, 2.45) is 0 Å². The van der Waals surface area contributed by atoms with Crippen LogP contribution in [0.1, 0.15) is 226 Å². The zero-order valence-electron chi connectivity index (χ0n) is 37.1. The Morgan fingerprint density at radius 1 is 0.411 bits per heavy atom. The molecule has 0 aromatic carbocycles. The van der Waals surface area contributed by atoms with Crippen LogP contribution in [0.3, 0.4) is 0 Å². The molecule has 0 saturated carbocycles. The van der Waals surface area contributed by atoms with Gasteiger partial charge in [0.05, 0.1) is 6.61 Å². The van der Waals surface area contributed by atoms with Gasteiger partial charge in [-0.2, -0.15) is 0 Å². The van der Waals surface area contributed by atoms with Crippen molar-refractivity contribution in [1.82, 2.24) is 0 Å². The van der Waals surface area contributed by atoms with E-state index in [-0.39, 0.29) is 25.2 Å². The maximum Gasteiger partial charge on any atom is 0.306 e. The second kappa shape index (κ2) is 47.0. The van der Waals surface area contributed by atoms with E-state index in [9.17, 15) is 9.59 Å². The van der Waals surface area contributed by atoms with Gasteiger partial charge in [-0.15, -0.1) is 0 Å². The van der Waals surface area contributed by atoms with Gasteiger partial charge in [-0.3, -0.25) is 9.59 Å². The Balaban J connectivity index is 4.29. The van der Waals surface area contributed by atoms with Crippen LogP contribution < -0.4 is 0 Å². The quantitative estimate of drug-likeness (QED) is 0.0350. The van der Waals surface area contributed by atoms with Crippen LogP contribution in [-0.4, -0.2) is 37.9 Å². The number of ether oxygens (including phenoxy) is 3. The van der Waals surface area contributed by atoms with Gasteiger partial charge in [-0.1, -0.05) is 178 Å². The number of hydrogen-bond acceptors (Lipinski definition) is 5. The number of carbonyl (C=O) groups excluding carboxylic acids is 2. The molecule has 0 saturated heterocycles. The fourth-order valence-corrected chi connectivity index (χ4v) is 6.44. The molecule has 5 heteroatoms. The predicted octanol–water partition coefficient (Wildman–Crippen LogP) is 15.8. The Labute approximate surface area is 347 Å². The van der Waals surface area contributed by atoms with Crippen molar-refractivity contribution in [1.29, 1.82) is 0 Å². The zero-order chi connectivity index (χ0) is 40.7.